The highest BCUT2D eigenvalue weighted by atomic mass is 16.5. The predicted molar refractivity (Wildman–Crippen MR) is 109 cm³/mol. The van der Waals surface area contributed by atoms with Gasteiger partial charge in [-0.2, -0.15) is 0 Å². The van der Waals surface area contributed by atoms with E-state index in [-0.39, 0.29) is 0 Å². The Labute approximate surface area is 158 Å². The third kappa shape index (κ3) is 3.70. The summed E-state index contributed by atoms with van der Waals surface area (Å²) < 4.78 is 5.38. The van der Waals surface area contributed by atoms with Crippen LogP contribution in [-0.2, 0) is 4.74 Å². The summed E-state index contributed by atoms with van der Waals surface area (Å²) in [5.41, 5.74) is 9.65. The van der Waals surface area contributed by atoms with Gasteiger partial charge in [-0.1, -0.05) is 17.6 Å². The van der Waals surface area contributed by atoms with E-state index < -0.39 is 5.91 Å². The Hall–Kier alpha value is -3.13. The van der Waals surface area contributed by atoms with Crippen LogP contribution in [0.1, 0.15) is 10.4 Å². The molecule has 27 heavy (non-hydrogen) atoms. The van der Waals surface area contributed by atoms with E-state index in [2.05, 4.69) is 20.2 Å². The maximum absolute atomic E-state index is 12.0. The van der Waals surface area contributed by atoms with Gasteiger partial charge in [0.15, 0.2) is 0 Å². The molecule has 4 rings (SSSR count). The quantitative estimate of drug-likeness (QED) is 0.660. The fourth-order valence-electron chi connectivity index (χ4n) is 3.23. The lowest BCUT2D eigenvalue weighted by Gasteiger charge is -2.30. The molecule has 136 valence electrons. The highest BCUT2D eigenvalue weighted by Crippen LogP contribution is 2.26. The number of nitrogens with zero attached hydrogens (tertiary/aromatic N) is 3. The molecule has 1 fully saturated rings. The lowest BCUT2D eigenvalue weighted by Crippen LogP contribution is -2.37. The van der Waals surface area contributed by atoms with E-state index >= 15 is 0 Å². The molecule has 1 amide bonds. The molecule has 0 spiro atoms. The number of hydrogen-bond donors (Lipinski definition) is 2. The van der Waals surface area contributed by atoms with E-state index in [0.717, 1.165) is 35.1 Å². The fourth-order valence-corrected chi connectivity index (χ4v) is 3.23. The molecule has 1 aliphatic heterocycles. The van der Waals surface area contributed by atoms with Gasteiger partial charge >= 0.3 is 0 Å². The normalized spacial score (nSPS) is 14.3. The number of rotatable bonds is 4. The van der Waals surface area contributed by atoms with Gasteiger partial charge in [0.2, 0.25) is 5.95 Å². The summed E-state index contributed by atoms with van der Waals surface area (Å²) in [5.74, 6) is 0.0101. The largest absolute Gasteiger partial charge is 0.378 e. The first kappa shape index (κ1) is 17.3. The van der Waals surface area contributed by atoms with E-state index in [4.69, 9.17) is 10.5 Å². The molecule has 3 N–H and O–H groups in total. The van der Waals surface area contributed by atoms with Crippen LogP contribution in [0.4, 0.5) is 17.3 Å². The number of fused-ring (bicyclic) bond motifs is 1. The zero-order valence-corrected chi connectivity index (χ0v) is 15.1. The maximum atomic E-state index is 12.0. The Bertz CT molecular complexity index is 1000. The number of nitrogens with two attached hydrogens (primary N) is 1. The molecule has 0 unspecified atom stereocenters. The van der Waals surface area contributed by atoms with Crippen LogP contribution in [0.5, 0.6) is 0 Å². The zero-order chi connectivity index (χ0) is 18.8. The predicted octanol–water partition coefficient (Wildman–Crippen LogP) is 0.567. The highest BCUT2D eigenvalue weighted by Gasteiger charge is 2.18. The summed E-state index contributed by atoms with van der Waals surface area (Å²) in [7, 11) is 2.03. The summed E-state index contributed by atoms with van der Waals surface area (Å²) in [4.78, 5) is 23.0. The van der Waals surface area contributed by atoms with Crippen molar-refractivity contribution in [3.63, 3.8) is 0 Å². The number of amides is 1. The molecule has 8 heteroatoms. The molecule has 0 bridgehead atoms. The van der Waals surface area contributed by atoms with Crippen molar-refractivity contribution in [3.8, 4) is 0 Å². The van der Waals surface area contributed by atoms with E-state index in [0.29, 0.717) is 30.4 Å². The van der Waals surface area contributed by atoms with Crippen molar-refractivity contribution in [1.29, 1.82) is 0 Å². The first-order valence-corrected chi connectivity index (χ1v) is 8.87. The summed E-state index contributed by atoms with van der Waals surface area (Å²) in [6, 6.07) is 11.6. The number of ether oxygens (including phenoxy) is 1. The zero-order valence-electron chi connectivity index (χ0n) is 15.1. The first-order valence-electron chi connectivity index (χ1n) is 8.87. The third-order valence-corrected chi connectivity index (χ3v) is 4.61. The van der Waals surface area contributed by atoms with Crippen LogP contribution < -0.4 is 21.4 Å². The van der Waals surface area contributed by atoms with Gasteiger partial charge in [-0.15, -0.1) is 0 Å². The minimum Gasteiger partial charge on any atom is -0.378 e. The van der Waals surface area contributed by atoms with Gasteiger partial charge in [-0.3, -0.25) is 4.79 Å². The second-order valence-corrected chi connectivity index (χ2v) is 6.58. The number of morpholine rings is 1. The number of aromatic nitrogens is 2. The van der Waals surface area contributed by atoms with Crippen LogP contribution in [0.15, 0.2) is 42.6 Å². The van der Waals surface area contributed by atoms with Crippen LogP contribution in [0.3, 0.4) is 0 Å². The number of anilines is 3. The summed E-state index contributed by atoms with van der Waals surface area (Å²) in [6.07, 6.45) is 1.79. The maximum Gasteiger partial charge on any atom is 0.250 e. The molecular formula is C19H20BN5O2. The van der Waals surface area contributed by atoms with Crippen LogP contribution >= 0.6 is 0 Å². The molecule has 7 nitrogen and oxygen atoms in total. The van der Waals surface area contributed by atoms with Crippen molar-refractivity contribution in [1.82, 2.24) is 9.97 Å². The number of hydrogen-bond acceptors (Lipinski definition) is 6. The average molecular weight is 361 g/mol. The minimum absolute atomic E-state index is 0.463. The number of carbonyl (C=O) groups is 1. The summed E-state index contributed by atoms with van der Waals surface area (Å²) in [5, 5.41) is 4.15. The number of carbonyl (C=O) groups excluding carboxylic acids is 1. The van der Waals surface area contributed by atoms with E-state index in [1.165, 1.54) is 0 Å². The molecule has 0 atom stereocenters. The van der Waals surface area contributed by atoms with Gasteiger partial charge in [-0.25, -0.2) is 9.97 Å². The molecular weight excluding hydrogens is 341 g/mol. The van der Waals surface area contributed by atoms with Gasteiger partial charge in [0.05, 0.1) is 24.3 Å². The number of primary amides is 1. The molecule has 1 saturated heterocycles. The summed E-state index contributed by atoms with van der Waals surface area (Å²) in [6.45, 7) is 2.76. The molecule has 0 aliphatic carbocycles. The Balaban J connectivity index is 1.63. The molecule has 3 aromatic rings. The van der Waals surface area contributed by atoms with Crippen molar-refractivity contribution in [2.75, 3.05) is 36.5 Å². The van der Waals surface area contributed by atoms with Crippen molar-refractivity contribution >= 4 is 47.4 Å². The molecule has 1 aliphatic rings. The van der Waals surface area contributed by atoms with Crippen molar-refractivity contribution < 1.29 is 9.53 Å². The Morgan fingerprint density at radius 1 is 1.19 bits per heavy atom. The highest BCUT2D eigenvalue weighted by molar-refractivity contribution is 6.33. The van der Waals surface area contributed by atoms with Gasteiger partial charge < -0.3 is 20.7 Å². The number of nitrogens with one attached hydrogen (secondary N) is 1. The van der Waals surface area contributed by atoms with Crippen molar-refractivity contribution in [2.24, 2.45) is 5.73 Å². The van der Waals surface area contributed by atoms with Crippen LogP contribution in [0, 0.1) is 0 Å². The lowest BCUT2D eigenvalue weighted by atomic mass is 9.95. The molecule has 0 radical (unpaired) electrons. The standard InChI is InChI=1S/C19H20BN5O2/c20-13-1-3-16-12(9-13)11-22-19(24-16)23-14-2-4-17(15(10-14)18(21)26)25-5-7-27-8-6-25/h1-4,9-11H,5-8,20H2,(H2,21,26)(H,22,23,24). The average Bonchev–Trinajstić information content (AvgIpc) is 2.68. The van der Waals surface area contributed by atoms with Crippen molar-refractivity contribution in [3.05, 3.63) is 48.2 Å². The van der Waals surface area contributed by atoms with Crippen LogP contribution in [0.25, 0.3) is 10.9 Å². The lowest BCUT2D eigenvalue weighted by molar-refractivity contribution is 0.0998. The van der Waals surface area contributed by atoms with Crippen molar-refractivity contribution in [2.45, 2.75) is 0 Å². The fraction of sp³-hybridized carbons (Fsp3) is 0.211. The second kappa shape index (κ2) is 7.24. The Kier molecular flexibility index (Phi) is 4.64. The topological polar surface area (TPSA) is 93.4 Å². The summed E-state index contributed by atoms with van der Waals surface area (Å²) >= 11 is 0. The van der Waals surface area contributed by atoms with E-state index in [1.54, 1.807) is 12.3 Å². The smallest absolute Gasteiger partial charge is 0.250 e. The molecule has 1 aromatic heterocycles. The van der Waals surface area contributed by atoms with Gasteiger partial charge in [0, 0.05) is 36.0 Å². The molecule has 2 aromatic carbocycles. The number of benzene rings is 2. The Morgan fingerprint density at radius 2 is 2.00 bits per heavy atom. The van der Waals surface area contributed by atoms with E-state index in [1.807, 2.05) is 38.2 Å². The monoisotopic (exact) mass is 361 g/mol. The van der Waals surface area contributed by atoms with Gasteiger partial charge in [0.1, 0.15) is 7.85 Å². The Morgan fingerprint density at radius 3 is 2.78 bits per heavy atom. The first-order chi connectivity index (χ1) is 13.1. The van der Waals surface area contributed by atoms with Gasteiger partial charge in [-0.05, 0) is 24.3 Å². The SMILES string of the molecule is Bc1ccc2nc(Nc3ccc(N4CCOCC4)c(C(N)=O)c3)ncc2c1. The van der Waals surface area contributed by atoms with E-state index in [9.17, 15) is 4.79 Å². The molecule has 0 saturated carbocycles. The third-order valence-electron chi connectivity index (χ3n) is 4.61. The van der Waals surface area contributed by atoms with Gasteiger partial charge in [0.25, 0.3) is 5.91 Å². The minimum atomic E-state index is -0.463. The van der Waals surface area contributed by atoms with Crippen LogP contribution in [0.2, 0.25) is 0 Å². The van der Waals surface area contributed by atoms with Crippen LogP contribution in [-0.4, -0.2) is 50.0 Å². The second-order valence-electron chi connectivity index (χ2n) is 6.58. The molecule has 2 heterocycles.